The van der Waals surface area contributed by atoms with Crippen LogP contribution in [-0.2, 0) is 25.9 Å². The van der Waals surface area contributed by atoms with Crippen LogP contribution in [-0.4, -0.2) is 11.7 Å². The molecule has 3 nitrogen and oxygen atoms in total. The van der Waals surface area contributed by atoms with Crippen molar-refractivity contribution in [2.24, 2.45) is 0 Å². The number of aromatic hydroxyl groups is 1. The van der Waals surface area contributed by atoms with E-state index in [9.17, 15) is 5.11 Å². The van der Waals surface area contributed by atoms with Crippen LogP contribution in [0.3, 0.4) is 0 Å². The van der Waals surface area contributed by atoms with Gasteiger partial charge in [-0.15, -0.1) is 11.3 Å². The van der Waals surface area contributed by atoms with Crippen LogP contribution in [0.4, 0.5) is 0 Å². The first-order chi connectivity index (χ1) is 10.3. The highest BCUT2D eigenvalue weighted by Gasteiger charge is 2.14. The minimum Gasteiger partial charge on any atom is -0.504 e. The van der Waals surface area contributed by atoms with Gasteiger partial charge in [-0.05, 0) is 55.5 Å². The maximum atomic E-state index is 9.69. The van der Waals surface area contributed by atoms with Crippen molar-refractivity contribution in [3.63, 3.8) is 0 Å². The normalized spacial score (nSPS) is 13.4. The molecule has 21 heavy (non-hydrogen) atoms. The summed E-state index contributed by atoms with van der Waals surface area (Å²) in [6.07, 6.45) is 3.83. The van der Waals surface area contributed by atoms with Crippen LogP contribution in [0.25, 0.3) is 0 Å². The van der Waals surface area contributed by atoms with Gasteiger partial charge in [0.05, 0.1) is 6.61 Å². The van der Waals surface area contributed by atoms with E-state index in [1.807, 2.05) is 30.4 Å². The Balaban J connectivity index is 1.56. The average molecular weight is 303 g/mol. The molecule has 0 spiro atoms. The lowest BCUT2D eigenvalue weighted by Crippen LogP contribution is -2.11. The van der Waals surface area contributed by atoms with Crippen LogP contribution in [0, 0.1) is 0 Å². The molecule has 1 aliphatic carbocycles. The van der Waals surface area contributed by atoms with Crippen molar-refractivity contribution in [3.05, 3.63) is 45.1 Å². The Kier molecular flexibility index (Phi) is 4.46. The largest absolute Gasteiger partial charge is 0.504 e. The van der Waals surface area contributed by atoms with Gasteiger partial charge in [-0.1, -0.05) is 6.07 Å². The van der Waals surface area contributed by atoms with E-state index in [2.05, 4.69) is 11.4 Å². The van der Waals surface area contributed by atoms with Gasteiger partial charge >= 0.3 is 0 Å². The van der Waals surface area contributed by atoms with Crippen molar-refractivity contribution in [1.82, 2.24) is 5.32 Å². The summed E-state index contributed by atoms with van der Waals surface area (Å²) < 4.78 is 5.41. The van der Waals surface area contributed by atoms with E-state index < -0.39 is 0 Å². The van der Waals surface area contributed by atoms with Crippen LogP contribution < -0.4 is 10.1 Å². The van der Waals surface area contributed by atoms with Crippen molar-refractivity contribution in [3.8, 4) is 11.5 Å². The zero-order valence-corrected chi connectivity index (χ0v) is 13.1. The lowest BCUT2D eigenvalue weighted by Gasteiger charge is -2.09. The quantitative estimate of drug-likeness (QED) is 0.856. The molecule has 0 saturated carbocycles. The van der Waals surface area contributed by atoms with E-state index in [1.165, 1.54) is 24.1 Å². The number of phenols is 1. The monoisotopic (exact) mass is 303 g/mol. The predicted octanol–water partition coefficient (Wildman–Crippen LogP) is 3.63. The van der Waals surface area contributed by atoms with Gasteiger partial charge in [-0.25, -0.2) is 0 Å². The molecule has 0 atom stereocenters. The van der Waals surface area contributed by atoms with Gasteiger partial charge < -0.3 is 15.2 Å². The highest BCUT2D eigenvalue weighted by Crippen LogP contribution is 2.30. The zero-order valence-electron chi connectivity index (χ0n) is 12.3. The van der Waals surface area contributed by atoms with Gasteiger partial charge in [-0.2, -0.15) is 0 Å². The van der Waals surface area contributed by atoms with Gasteiger partial charge in [0, 0.05) is 22.8 Å². The Morgan fingerprint density at radius 2 is 2.14 bits per heavy atom. The molecule has 1 aromatic heterocycles. The molecular formula is C17H21NO2S. The van der Waals surface area contributed by atoms with Crippen molar-refractivity contribution in [1.29, 1.82) is 0 Å². The van der Waals surface area contributed by atoms with E-state index in [1.54, 1.807) is 16.5 Å². The third-order valence-corrected chi connectivity index (χ3v) is 4.99. The van der Waals surface area contributed by atoms with Crippen molar-refractivity contribution in [2.45, 2.75) is 39.3 Å². The fourth-order valence-corrected chi connectivity index (χ4v) is 3.98. The minimum atomic E-state index is 0.204. The van der Waals surface area contributed by atoms with Crippen LogP contribution in [0.5, 0.6) is 11.5 Å². The third-order valence-electron chi connectivity index (χ3n) is 3.75. The van der Waals surface area contributed by atoms with Gasteiger partial charge in [0.2, 0.25) is 0 Å². The molecule has 0 saturated heterocycles. The Morgan fingerprint density at radius 1 is 1.24 bits per heavy atom. The van der Waals surface area contributed by atoms with E-state index >= 15 is 0 Å². The van der Waals surface area contributed by atoms with Gasteiger partial charge in [-0.3, -0.25) is 0 Å². The third kappa shape index (κ3) is 3.39. The number of rotatable bonds is 6. The fraction of sp³-hybridized carbons (Fsp3) is 0.412. The first-order valence-corrected chi connectivity index (χ1v) is 8.33. The molecule has 1 heterocycles. The van der Waals surface area contributed by atoms with E-state index in [-0.39, 0.29) is 5.75 Å². The molecule has 3 rings (SSSR count). The Morgan fingerprint density at radius 3 is 2.95 bits per heavy atom. The predicted molar refractivity (Wildman–Crippen MR) is 86.2 cm³/mol. The molecule has 112 valence electrons. The molecule has 0 radical (unpaired) electrons. The standard InChI is InChI=1S/C17H21NO2S/c1-2-20-16-8-12(6-7-15(16)19)10-18-11-14-9-13-4-3-5-17(13)21-14/h6-9,18-19H,2-5,10-11H2,1H3. The van der Waals surface area contributed by atoms with Crippen LogP contribution in [0.2, 0.25) is 0 Å². The topological polar surface area (TPSA) is 41.5 Å². The average Bonchev–Trinajstić information content (AvgIpc) is 3.04. The molecule has 0 aliphatic heterocycles. The zero-order chi connectivity index (χ0) is 14.7. The van der Waals surface area contributed by atoms with E-state index in [0.29, 0.717) is 12.4 Å². The highest BCUT2D eigenvalue weighted by molar-refractivity contribution is 7.12. The molecule has 0 fully saturated rings. The smallest absolute Gasteiger partial charge is 0.161 e. The first kappa shape index (κ1) is 14.4. The number of nitrogens with one attached hydrogen (secondary N) is 1. The van der Waals surface area contributed by atoms with E-state index in [4.69, 9.17) is 4.74 Å². The summed E-state index contributed by atoms with van der Waals surface area (Å²) in [5.41, 5.74) is 2.68. The first-order valence-electron chi connectivity index (χ1n) is 7.52. The van der Waals surface area contributed by atoms with Crippen molar-refractivity contribution in [2.75, 3.05) is 6.61 Å². The summed E-state index contributed by atoms with van der Waals surface area (Å²) in [5, 5.41) is 13.2. The van der Waals surface area contributed by atoms with Crippen LogP contribution in [0.15, 0.2) is 24.3 Å². The molecule has 0 amide bonds. The lowest BCUT2D eigenvalue weighted by atomic mass is 10.2. The Labute approximate surface area is 129 Å². The summed E-state index contributed by atoms with van der Waals surface area (Å²) in [5.74, 6) is 0.766. The number of hydrogen-bond donors (Lipinski definition) is 2. The summed E-state index contributed by atoms with van der Waals surface area (Å²) >= 11 is 1.94. The van der Waals surface area contributed by atoms with E-state index in [0.717, 1.165) is 18.7 Å². The molecule has 2 N–H and O–H groups in total. The fourth-order valence-electron chi connectivity index (χ4n) is 2.75. The Hall–Kier alpha value is -1.52. The van der Waals surface area contributed by atoms with Gasteiger partial charge in [0.25, 0.3) is 0 Å². The van der Waals surface area contributed by atoms with Crippen LogP contribution in [0.1, 0.15) is 34.2 Å². The number of aryl methyl sites for hydroxylation is 2. The maximum Gasteiger partial charge on any atom is 0.161 e. The number of benzene rings is 1. The van der Waals surface area contributed by atoms with Crippen molar-refractivity contribution < 1.29 is 9.84 Å². The summed E-state index contributed by atoms with van der Waals surface area (Å²) in [7, 11) is 0. The second-order valence-corrected chi connectivity index (χ2v) is 6.57. The molecule has 1 aliphatic rings. The lowest BCUT2D eigenvalue weighted by molar-refractivity contribution is 0.317. The number of hydrogen-bond acceptors (Lipinski definition) is 4. The summed E-state index contributed by atoms with van der Waals surface area (Å²) in [6.45, 7) is 4.16. The highest BCUT2D eigenvalue weighted by atomic mass is 32.1. The molecular weight excluding hydrogens is 282 g/mol. The molecule has 0 unspecified atom stereocenters. The second-order valence-electron chi connectivity index (χ2n) is 5.35. The molecule has 1 aromatic carbocycles. The number of fused-ring (bicyclic) bond motifs is 1. The maximum absolute atomic E-state index is 9.69. The van der Waals surface area contributed by atoms with Gasteiger partial charge in [0.15, 0.2) is 11.5 Å². The summed E-state index contributed by atoms with van der Waals surface area (Å²) in [6, 6.07) is 7.88. The molecule has 2 aromatic rings. The number of phenolic OH excluding ortho intramolecular Hbond substituents is 1. The van der Waals surface area contributed by atoms with Crippen molar-refractivity contribution >= 4 is 11.3 Å². The molecule has 0 bridgehead atoms. The second kappa shape index (κ2) is 6.50. The SMILES string of the molecule is CCOc1cc(CNCc2cc3c(s2)CCC3)ccc1O. The summed E-state index contributed by atoms with van der Waals surface area (Å²) in [4.78, 5) is 3.00. The van der Waals surface area contributed by atoms with Crippen LogP contribution >= 0.6 is 11.3 Å². The Bertz CT molecular complexity index is 600. The minimum absolute atomic E-state index is 0.204. The number of ether oxygens (including phenoxy) is 1. The van der Waals surface area contributed by atoms with Gasteiger partial charge in [0.1, 0.15) is 0 Å². The molecule has 4 heteroatoms. The number of thiophene rings is 1.